The van der Waals surface area contributed by atoms with Crippen LogP contribution >= 0.6 is 0 Å². The van der Waals surface area contributed by atoms with Crippen molar-refractivity contribution in [2.45, 2.75) is 0 Å². The van der Waals surface area contributed by atoms with Crippen LogP contribution in [-0.2, 0) is 4.74 Å². The topological polar surface area (TPSA) is 45.4 Å². The Morgan fingerprint density at radius 1 is 1.43 bits per heavy atom. The van der Waals surface area contributed by atoms with Crippen LogP contribution in [0.2, 0.25) is 0 Å². The van der Waals surface area contributed by atoms with E-state index in [-0.39, 0.29) is 15.0 Å². The van der Waals surface area contributed by atoms with Gasteiger partial charge in [-0.15, -0.1) is 0 Å². The number of hydrogen-bond donors (Lipinski definition) is 0. The van der Waals surface area contributed by atoms with Crippen LogP contribution in [0.15, 0.2) is 29.3 Å². The van der Waals surface area contributed by atoms with Crippen LogP contribution in [0.25, 0.3) is 0 Å². The molecule has 0 N–H and O–H groups in total. The molecule has 1 aromatic carbocycles. The fourth-order valence-electron chi connectivity index (χ4n) is 1.28. The maximum absolute atomic E-state index is 8.68. The molecule has 0 atom stereocenters. The van der Waals surface area contributed by atoms with E-state index in [0.717, 1.165) is 16.6 Å². The van der Waals surface area contributed by atoms with Crippen molar-refractivity contribution in [2.75, 3.05) is 13.2 Å². The van der Waals surface area contributed by atoms with E-state index in [4.69, 9.17) is 10.00 Å². The third-order valence-corrected chi connectivity index (χ3v) is 3.26. The minimum atomic E-state index is -0.148. The van der Waals surface area contributed by atoms with Crippen molar-refractivity contribution in [3.05, 3.63) is 29.8 Å². The van der Waals surface area contributed by atoms with Gasteiger partial charge in [-0.1, -0.05) is 0 Å². The zero-order valence-corrected chi connectivity index (χ0v) is 9.15. The Bertz CT molecular complexity index is 409. The molecule has 0 bridgehead atoms. The zero-order valence-electron chi connectivity index (χ0n) is 7.43. The zero-order chi connectivity index (χ0) is 9.80. The molecule has 1 aliphatic rings. The normalized spacial score (nSPS) is 14.4. The van der Waals surface area contributed by atoms with Crippen molar-refractivity contribution >= 4 is 25.3 Å². The first-order chi connectivity index (χ1) is 6.92. The summed E-state index contributed by atoms with van der Waals surface area (Å²) in [7, 11) is 0. The van der Waals surface area contributed by atoms with Gasteiger partial charge >= 0.3 is 88.3 Å². The van der Waals surface area contributed by atoms with Gasteiger partial charge in [-0.25, -0.2) is 0 Å². The second-order valence-corrected chi connectivity index (χ2v) is 4.46. The van der Waals surface area contributed by atoms with Crippen LogP contribution < -0.4 is 4.46 Å². The Kier molecular flexibility index (Phi) is 2.83. The Balaban J connectivity index is 2.36. The number of ether oxygens (including phenoxy) is 1. The van der Waals surface area contributed by atoms with Gasteiger partial charge in [-0.3, -0.25) is 0 Å². The fourth-order valence-corrected chi connectivity index (χ4v) is 2.35. The first-order valence-electron chi connectivity index (χ1n) is 4.24. The summed E-state index contributed by atoms with van der Waals surface area (Å²) < 4.78 is 6.42. The minimum absolute atomic E-state index is 0.148. The number of aliphatic imine (C=N–C) groups is 1. The standard InChI is InChI=1S/C10H8N2OSe/c11-7-14-9-4-2-1-3-8(9)10-12-5-6-13-10/h1-4H,5-6H2. The molecule has 1 heterocycles. The molecule has 70 valence electrons. The second-order valence-electron chi connectivity index (χ2n) is 2.72. The molecule has 0 fully saturated rings. The molecular weight excluding hydrogens is 243 g/mol. The van der Waals surface area contributed by atoms with Crippen LogP contribution in [0.3, 0.4) is 0 Å². The molecular formula is C10H8N2OSe. The molecule has 0 aromatic heterocycles. The average molecular weight is 251 g/mol. The summed E-state index contributed by atoms with van der Waals surface area (Å²) in [6, 6.07) is 7.80. The van der Waals surface area contributed by atoms with Crippen molar-refractivity contribution in [1.29, 1.82) is 5.26 Å². The maximum atomic E-state index is 8.68. The summed E-state index contributed by atoms with van der Waals surface area (Å²) in [5.74, 6) is 0.692. The number of nitriles is 1. The van der Waals surface area contributed by atoms with Gasteiger partial charge in [0.25, 0.3) is 0 Å². The molecule has 0 saturated heterocycles. The third-order valence-electron chi connectivity index (χ3n) is 1.86. The van der Waals surface area contributed by atoms with Crippen molar-refractivity contribution < 1.29 is 4.74 Å². The van der Waals surface area contributed by atoms with E-state index in [1.165, 1.54) is 0 Å². The van der Waals surface area contributed by atoms with Gasteiger partial charge < -0.3 is 0 Å². The van der Waals surface area contributed by atoms with E-state index in [2.05, 4.69) is 9.96 Å². The van der Waals surface area contributed by atoms with Crippen LogP contribution in [-0.4, -0.2) is 34.0 Å². The molecule has 0 aliphatic carbocycles. The van der Waals surface area contributed by atoms with E-state index in [1.807, 2.05) is 24.3 Å². The molecule has 2 rings (SSSR count). The molecule has 0 spiro atoms. The van der Waals surface area contributed by atoms with Gasteiger partial charge in [-0.2, -0.15) is 0 Å². The number of benzene rings is 1. The van der Waals surface area contributed by atoms with Crippen molar-refractivity contribution in [3.63, 3.8) is 0 Å². The molecule has 1 aromatic rings. The first kappa shape index (κ1) is 9.26. The first-order valence-corrected chi connectivity index (χ1v) is 5.95. The summed E-state index contributed by atoms with van der Waals surface area (Å²) in [6.45, 7) is 1.38. The van der Waals surface area contributed by atoms with Gasteiger partial charge in [0.15, 0.2) is 0 Å². The van der Waals surface area contributed by atoms with Crippen molar-refractivity contribution in [1.82, 2.24) is 0 Å². The van der Waals surface area contributed by atoms with E-state index in [9.17, 15) is 0 Å². The van der Waals surface area contributed by atoms with E-state index in [0.29, 0.717) is 12.5 Å². The molecule has 0 unspecified atom stereocenters. The Labute approximate surface area is 88.6 Å². The van der Waals surface area contributed by atoms with Crippen LogP contribution in [0.4, 0.5) is 0 Å². The van der Waals surface area contributed by atoms with E-state index < -0.39 is 0 Å². The van der Waals surface area contributed by atoms with Crippen LogP contribution in [0.5, 0.6) is 0 Å². The molecule has 1 aliphatic heterocycles. The fraction of sp³-hybridized carbons (Fsp3) is 0.200. The van der Waals surface area contributed by atoms with Gasteiger partial charge in [0.2, 0.25) is 0 Å². The summed E-state index contributed by atoms with van der Waals surface area (Å²) >= 11 is -0.148. The van der Waals surface area contributed by atoms with Crippen molar-refractivity contribution in [3.8, 4) is 4.97 Å². The Morgan fingerprint density at radius 3 is 3.00 bits per heavy atom. The number of rotatable bonds is 2. The van der Waals surface area contributed by atoms with Gasteiger partial charge in [0.05, 0.1) is 0 Å². The molecule has 0 amide bonds. The van der Waals surface area contributed by atoms with Crippen molar-refractivity contribution in [2.24, 2.45) is 4.99 Å². The van der Waals surface area contributed by atoms with E-state index >= 15 is 0 Å². The summed E-state index contributed by atoms with van der Waals surface area (Å²) in [5, 5.41) is 8.68. The van der Waals surface area contributed by atoms with Crippen LogP contribution in [0, 0.1) is 10.2 Å². The predicted molar refractivity (Wildman–Crippen MR) is 54.8 cm³/mol. The average Bonchev–Trinajstić information content (AvgIpc) is 2.72. The third kappa shape index (κ3) is 1.79. The summed E-state index contributed by atoms with van der Waals surface area (Å²) in [5.41, 5.74) is 0.978. The molecule has 14 heavy (non-hydrogen) atoms. The SMILES string of the molecule is N#C[Se]c1ccccc1C1=NCCO1. The van der Waals surface area contributed by atoms with Gasteiger partial charge in [0.1, 0.15) is 0 Å². The van der Waals surface area contributed by atoms with E-state index in [1.54, 1.807) is 0 Å². The summed E-state index contributed by atoms with van der Waals surface area (Å²) in [4.78, 5) is 6.44. The van der Waals surface area contributed by atoms with Crippen LogP contribution in [0.1, 0.15) is 5.56 Å². The predicted octanol–water partition coefficient (Wildman–Crippen LogP) is 0.274. The quantitative estimate of drug-likeness (QED) is 0.708. The molecule has 0 radical (unpaired) electrons. The Morgan fingerprint density at radius 2 is 2.29 bits per heavy atom. The second kappa shape index (κ2) is 4.28. The van der Waals surface area contributed by atoms with Gasteiger partial charge in [0, 0.05) is 0 Å². The molecule has 4 heteroatoms. The van der Waals surface area contributed by atoms with Gasteiger partial charge in [-0.05, 0) is 0 Å². The monoisotopic (exact) mass is 252 g/mol. The summed E-state index contributed by atoms with van der Waals surface area (Å²) in [6.07, 6.45) is 0. The molecule has 0 saturated carbocycles. The number of hydrogen-bond acceptors (Lipinski definition) is 3. The Hall–Kier alpha value is -1.30. The number of nitrogens with zero attached hydrogens (tertiary/aromatic N) is 2. The molecule has 3 nitrogen and oxygen atoms in total.